The summed E-state index contributed by atoms with van der Waals surface area (Å²) in [4.78, 5) is 48.4. The lowest BCUT2D eigenvalue weighted by molar-refractivity contribution is 0.0643. The van der Waals surface area contributed by atoms with Crippen LogP contribution in [0.2, 0.25) is 0 Å². The van der Waals surface area contributed by atoms with Gasteiger partial charge in [0.05, 0.1) is 44.6 Å². The number of piperazine rings is 1. The number of nitrogens with one attached hydrogen (secondary N) is 2. The molecule has 0 unspecified atom stereocenters. The van der Waals surface area contributed by atoms with Crippen LogP contribution < -0.4 is 20.4 Å². The minimum atomic E-state index is -0.414. The van der Waals surface area contributed by atoms with Crippen LogP contribution in [0.1, 0.15) is 37.0 Å². The van der Waals surface area contributed by atoms with Crippen LogP contribution in [0.5, 0.6) is 0 Å². The van der Waals surface area contributed by atoms with Gasteiger partial charge in [-0.3, -0.25) is 4.79 Å². The van der Waals surface area contributed by atoms with Crippen LogP contribution in [0.4, 0.5) is 28.1 Å². The first-order valence-corrected chi connectivity index (χ1v) is 16.8. The van der Waals surface area contributed by atoms with Crippen molar-refractivity contribution in [2.75, 3.05) is 86.1 Å². The Labute approximate surface area is 280 Å². The molecule has 3 aliphatic heterocycles. The quantitative estimate of drug-likeness (QED) is 0.267. The molecule has 256 valence electrons. The zero-order chi connectivity index (χ0) is 33.6. The summed E-state index contributed by atoms with van der Waals surface area (Å²) in [5, 5.41) is 25.8. The van der Waals surface area contributed by atoms with E-state index in [9.17, 15) is 19.8 Å². The van der Waals surface area contributed by atoms with Crippen LogP contribution >= 0.6 is 0 Å². The average molecular weight is 660 g/mol. The summed E-state index contributed by atoms with van der Waals surface area (Å²) in [5.41, 5.74) is 2.47. The van der Waals surface area contributed by atoms with E-state index in [1.807, 2.05) is 21.9 Å². The fourth-order valence-corrected chi connectivity index (χ4v) is 6.54. The van der Waals surface area contributed by atoms with E-state index in [2.05, 4.69) is 34.3 Å². The number of carbonyl (C=O) groups excluding carboxylic acids is 2. The summed E-state index contributed by atoms with van der Waals surface area (Å²) in [6.07, 6.45) is 1.46. The van der Waals surface area contributed by atoms with E-state index in [0.717, 1.165) is 38.0 Å². The normalized spacial score (nSPS) is 21.8. The number of rotatable bonds is 9. The molecule has 14 heteroatoms. The van der Waals surface area contributed by atoms with Crippen LogP contribution in [0.3, 0.4) is 0 Å². The zero-order valence-corrected chi connectivity index (χ0v) is 27.6. The summed E-state index contributed by atoms with van der Waals surface area (Å²) in [7, 11) is 0. The number of aromatic nitrogens is 3. The van der Waals surface area contributed by atoms with E-state index in [-0.39, 0.29) is 37.2 Å². The Morgan fingerprint density at radius 3 is 2.02 bits per heavy atom. The standard InChI is InChI=1S/C34H45N9O5/c1-3-40-14-16-41(17-15-40)31(46)25-6-10-27(11-7-25)36-34(47)35-26-8-4-24(5-9-26)30-37-32(42-18-19-48-22-23(42)2)39-33(38-30)43-28(20-44)12-13-29(43)21-45/h4-11,23,28-29,44-45H,3,12-22H2,1-2H3,(H2,35,36,47)/t23-,28-,29+/m1/s1. The van der Waals surface area contributed by atoms with Crippen molar-refractivity contribution in [3.63, 3.8) is 0 Å². The number of ether oxygens (including phenoxy) is 1. The number of urea groups is 1. The van der Waals surface area contributed by atoms with Crippen LogP contribution in [0.25, 0.3) is 11.4 Å². The van der Waals surface area contributed by atoms with Crippen molar-refractivity contribution >= 4 is 35.2 Å². The van der Waals surface area contributed by atoms with Crippen molar-refractivity contribution < 1.29 is 24.5 Å². The van der Waals surface area contributed by atoms with E-state index in [0.29, 0.717) is 67.5 Å². The van der Waals surface area contributed by atoms with Gasteiger partial charge in [0.2, 0.25) is 11.9 Å². The number of aliphatic hydroxyl groups excluding tert-OH is 2. The molecule has 3 aromatic rings. The lowest BCUT2D eigenvalue weighted by atomic mass is 10.1. The van der Waals surface area contributed by atoms with Crippen molar-refractivity contribution in [1.82, 2.24) is 24.8 Å². The third kappa shape index (κ3) is 7.51. The summed E-state index contributed by atoms with van der Waals surface area (Å²) >= 11 is 0. The molecule has 3 fully saturated rings. The molecule has 2 aromatic carbocycles. The van der Waals surface area contributed by atoms with Gasteiger partial charge in [0.15, 0.2) is 5.82 Å². The summed E-state index contributed by atoms with van der Waals surface area (Å²) in [6.45, 7) is 9.96. The second-order valence-electron chi connectivity index (χ2n) is 12.5. The molecule has 6 rings (SSSR count). The highest BCUT2D eigenvalue weighted by Gasteiger charge is 2.36. The average Bonchev–Trinajstić information content (AvgIpc) is 3.55. The van der Waals surface area contributed by atoms with Gasteiger partial charge in [-0.2, -0.15) is 15.0 Å². The van der Waals surface area contributed by atoms with Crippen LogP contribution in [0, 0.1) is 0 Å². The highest BCUT2D eigenvalue weighted by molar-refractivity contribution is 6.00. The first-order valence-electron chi connectivity index (χ1n) is 16.8. The Morgan fingerprint density at radius 2 is 1.44 bits per heavy atom. The maximum atomic E-state index is 12.9. The predicted molar refractivity (Wildman–Crippen MR) is 183 cm³/mol. The van der Waals surface area contributed by atoms with Gasteiger partial charge in [-0.05, 0) is 74.8 Å². The molecule has 4 heterocycles. The number of amides is 3. The molecule has 48 heavy (non-hydrogen) atoms. The Balaban J connectivity index is 1.14. The predicted octanol–water partition coefficient (Wildman–Crippen LogP) is 2.51. The Bertz CT molecular complexity index is 1540. The monoisotopic (exact) mass is 659 g/mol. The SMILES string of the molecule is CCN1CCN(C(=O)c2ccc(NC(=O)Nc3ccc(-c4nc(N5CCOC[C@H]5C)nc(N5[C@H](CO)CC[C@@H]5CO)n4)cc3)cc2)CC1. The largest absolute Gasteiger partial charge is 0.394 e. The summed E-state index contributed by atoms with van der Waals surface area (Å²) in [5.74, 6) is 1.38. The van der Waals surface area contributed by atoms with Gasteiger partial charge in [0.1, 0.15) is 0 Å². The summed E-state index contributed by atoms with van der Waals surface area (Å²) < 4.78 is 5.63. The van der Waals surface area contributed by atoms with E-state index in [1.165, 1.54) is 0 Å². The topological polar surface area (TPSA) is 160 Å². The number of benzene rings is 2. The number of hydrogen-bond donors (Lipinski definition) is 4. The first kappa shape index (κ1) is 33.5. The lowest BCUT2D eigenvalue weighted by Gasteiger charge is -2.34. The highest BCUT2D eigenvalue weighted by atomic mass is 16.5. The van der Waals surface area contributed by atoms with Crippen LogP contribution in [0.15, 0.2) is 48.5 Å². The Morgan fingerprint density at radius 1 is 0.833 bits per heavy atom. The maximum absolute atomic E-state index is 12.9. The van der Waals surface area contributed by atoms with Gasteiger partial charge < -0.3 is 45.2 Å². The van der Waals surface area contributed by atoms with Gasteiger partial charge in [0, 0.05) is 55.2 Å². The Hall–Kier alpha value is -4.37. The second kappa shape index (κ2) is 15.2. The van der Waals surface area contributed by atoms with E-state index < -0.39 is 6.03 Å². The number of nitrogens with zero attached hydrogens (tertiary/aromatic N) is 7. The highest BCUT2D eigenvalue weighted by Crippen LogP contribution is 2.31. The maximum Gasteiger partial charge on any atom is 0.323 e. The molecule has 3 aliphatic rings. The minimum Gasteiger partial charge on any atom is -0.394 e. The molecule has 0 spiro atoms. The van der Waals surface area contributed by atoms with Crippen molar-refractivity contribution in [2.45, 2.75) is 44.8 Å². The van der Waals surface area contributed by atoms with Gasteiger partial charge in [0.25, 0.3) is 5.91 Å². The molecule has 3 atom stereocenters. The molecular formula is C34H45N9O5. The molecular weight excluding hydrogens is 614 g/mol. The van der Waals surface area contributed by atoms with Gasteiger partial charge >= 0.3 is 6.03 Å². The van der Waals surface area contributed by atoms with E-state index >= 15 is 0 Å². The molecule has 0 radical (unpaired) electrons. The Kier molecular flexibility index (Phi) is 10.6. The molecule has 1 aromatic heterocycles. The molecule has 0 bridgehead atoms. The third-order valence-electron chi connectivity index (χ3n) is 9.41. The molecule has 14 nitrogen and oxygen atoms in total. The van der Waals surface area contributed by atoms with Gasteiger partial charge in [-0.25, -0.2) is 4.79 Å². The second-order valence-corrected chi connectivity index (χ2v) is 12.5. The molecule has 0 saturated carbocycles. The van der Waals surface area contributed by atoms with Gasteiger partial charge in [-0.15, -0.1) is 0 Å². The molecule has 3 amide bonds. The number of morpholine rings is 1. The van der Waals surface area contributed by atoms with Gasteiger partial charge in [-0.1, -0.05) is 6.92 Å². The minimum absolute atomic E-state index is 0.000535. The smallest absolute Gasteiger partial charge is 0.323 e. The third-order valence-corrected chi connectivity index (χ3v) is 9.41. The number of likely N-dealkylation sites (N-methyl/N-ethyl adjacent to an activating group) is 1. The van der Waals surface area contributed by atoms with Crippen molar-refractivity contribution in [3.8, 4) is 11.4 Å². The first-order chi connectivity index (χ1) is 23.4. The molecule has 4 N–H and O–H groups in total. The number of anilines is 4. The number of carbonyl (C=O) groups is 2. The zero-order valence-electron chi connectivity index (χ0n) is 27.6. The van der Waals surface area contributed by atoms with E-state index in [4.69, 9.17) is 19.7 Å². The molecule has 0 aliphatic carbocycles. The van der Waals surface area contributed by atoms with Crippen molar-refractivity contribution in [1.29, 1.82) is 0 Å². The fourth-order valence-electron chi connectivity index (χ4n) is 6.54. The summed E-state index contributed by atoms with van der Waals surface area (Å²) in [6, 6.07) is 13.4. The van der Waals surface area contributed by atoms with Crippen molar-refractivity contribution in [3.05, 3.63) is 54.1 Å². The number of aliphatic hydroxyl groups is 2. The lowest BCUT2D eigenvalue weighted by Crippen LogP contribution is -2.48. The van der Waals surface area contributed by atoms with Crippen LogP contribution in [-0.4, -0.2) is 131 Å². The molecule has 3 saturated heterocycles. The van der Waals surface area contributed by atoms with E-state index in [1.54, 1.807) is 36.4 Å². The van der Waals surface area contributed by atoms with Crippen LogP contribution in [-0.2, 0) is 4.74 Å². The number of hydrogen-bond acceptors (Lipinski definition) is 11. The van der Waals surface area contributed by atoms with Crippen molar-refractivity contribution in [2.24, 2.45) is 0 Å². The fraction of sp³-hybridized carbons (Fsp3) is 0.500.